The van der Waals surface area contributed by atoms with Gasteiger partial charge in [0.05, 0.1) is 5.56 Å². The SMILES string of the molecule is C=C(C)[C@@H]1CC[C@]2(N3CC3)CC[C@]3(C)[C@H](CC[C@@H]4[C@@]5(C)CC=C(c6ccc(C(=O)O)c(C)c6)C(C)(C)[C@@H]5CC[C@]43C)[C@@H]12. The third-order valence-electron chi connectivity index (χ3n) is 15.4. The van der Waals surface area contributed by atoms with Crippen LogP contribution in [0, 0.1) is 58.2 Å². The number of carbonyl (C=O) groups is 1. The molecule has 1 saturated heterocycles. The lowest BCUT2D eigenvalue weighted by molar-refractivity contribution is -0.223. The number of carboxylic acids is 1. The van der Waals surface area contributed by atoms with Crippen molar-refractivity contribution >= 4 is 11.5 Å². The summed E-state index contributed by atoms with van der Waals surface area (Å²) >= 11 is 0. The van der Waals surface area contributed by atoms with Gasteiger partial charge in [-0.05, 0) is 146 Å². The average Bonchev–Trinajstić information content (AvgIpc) is 3.69. The molecule has 4 saturated carbocycles. The van der Waals surface area contributed by atoms with Crippen LogP contribution in [0.25, 0.3) is 5.57 Å². The predicted molar refractivity (Wildman–Crippen MR) is 172 cm³/mol. The molecule has 1 aromatic carbocycles. The fourth-order valence-electron chi connectivity index (χ4n) is 13.3. The Balaban J connectivity index is 1.25. The molecule has 42 heavy (non-hydrogen) atoms. The highest BCUT2D eigenvalue weighted by Crippen LogP contribution is 2.77. The Morgan fingerprint density at radius 1 is 0.929 bits per heavy atom. The summed E-state index contributed by atoms with van der Waals surface area (Å²) in [6, 6.07) is 6.01. The van der Waals surface area contributed by atoms with Gasteiger partial charge in [0.15, 0.2) is 0 Å². The molecule has 6 aliphatic rings. The number of allylic oxidation sites excluding steroid dienone is 3. The summed E-state index contributed by atoms with van der Waals surface area (Å²) in [7, 11) is 0. The van der Waals surface area contributed by atoms with Crippen LogP contribution in [0.3, 0.4) is 0 Å². The molecule has 1 aliphatic heterocycles. The Morgan fingerprint density at radius 3 is 2.31 bits per heavy atom. The maximum absolute atomic E-state index is 11.7. The van der Waals surface area contributed by atoms with Gasteiger partial charge >= 0.3 is 5.97 Å². The Bertz CT molecular complexity index is 1370. The van der Waals surface area contributed by atoms with Gasteiger partial charge in [0.2, 0.25) is 0 Å². The highest BCUT2D eigenvalue weighted by Gasteiger charge is 2.71. The number of aromatic carboxylic acids is 1. The van der Waals surface area contributed by atoms with Crippen LogP contribution in [-0.2, 0) is 0 Å². The van der Waals surface area contributed by atoms with Crippen LogP contribution >= 0.6 is 0 Å². The van der Waals surface area contributed by atoms with E-state index >= 15 is 0 Å². The van der Waals surface area contributed by atoms with E-state index in [-0.39, 0.29) is 5.41 Å². The van der Waals surface area contributed by atoms with Crippen LogP contribution in [0.1, 0.15) is 121 Å². The molecule has 1 heterocycles. The molecule has 7 rings (SSSR count). The molecule has 228 valence electrons. The van der Waals surface area contributed by atoms with Gasteiger partial charge < -0.3 is 5.11 Å². The molecular formula is C39H55NO2. The number of fused-ring (bicyclic) bond motifs is 7. The molecule has 0 bridgehead atoms. The van der Waals surface area contributed by atoms with E-state index in [0.29, 0.717) is 39.2 Å². The van der Waals surface area contributed by atoms with Crippen LogP contribution in [0.2, 0.25) is 0 Å². The monoisotopic (exact) mass is 569 g/mol. The molecule has 1 N–H and O–H groups in total. The largest absolute Gasteiger partial charge is 0.478 e. The molecule has 1 aromatic rings. The molecule has 0 amide bonds. The lowest BCUT2D eigenvalue weighted by atomic mass is 9.33. The van der Waals surface area contributed by atoms with Crippen molar-refractivity contribution < 1.29 is 9.90 Å². The van der Waals surface area contributed by atoms with E-state index in [1.807, 2.05) is 13.0 Å². The number of benzene rings is 1. The van der Waals surface area contributed by atoms with Crippen molar-refractivity contribution in [3.63, 3.8) is 0 Å². The summed E-state index contributed by atoms with van der Waals surface area (Å²) in [5.41, 5.74) is 6.96. The van der Waals surface area contributed by atoms with Gasteiger partial charge in [-0.3, -0.25) is 4.90 Å². The molecule has 0 radical (unpaired) electrons. The maximum atomic E-state index is 11.7. The Hall–Kier alpha value is -1.87. The molecule has 0 aromatic heterocycles. The molecule has 5 aliphatic carbocycles. The second-order valence-corrected chi connectivity index (χ2v) is 17.2. The topological polar surface area (TPSA) is 40.3 Å². The van der Waals surface area contributed by atoms with Gasteiger partial charge in [0.1, 0.15) is 0 Å². The maximum Gasteiger partial charge on any atom is 0.335 e. The van der Waals surface area contributed by atoms with Crippen molar-refractivity contribution in [1.29, 1.82) is 0 Å². The first-order valence-electron chi connectivity index (χ1n) is 17.2. The van der Waals surface area contributed by atoms with Gasteiger partial charge in [-0.25, -0.2) is 4.79 Å². The lowest BCUT2D eigenvalue weighted by Gasteiger charge is -2.72. The summed E-state index contributed by atoms with van der Waals surface area (Å²) in [6.07, 6.45) is 14.7. The van der Waals surface area contributed by atoms with Crippen LogP contribution in [0.5, 0.6) is 0 Å². The average molecular weight is 570 g/mol. The molecule has 0 unspecified atom stereocenters. The highest BCUT2D eigenvalue weighted by molar-refractivity contribution is 5.90. The Labute approximate surface area is 255 Å². The predicted octanol–water partition coefficient (Wildman–Crippen LogP) is 9.41. The minimum absolute atomic E-state index is 0.0563. The number of rotatable bonds is 4. The first-order valence-corrected chi connectivity index (χ1v) is 17.2. The number of hydrogen-bond donors (Lipinski definition) is 1. The Morgan fingerprint density at radius 2 is 1.67 bits per heavy atom. The van der Waals surface area contributed by atoms with Gasteiger partial charge in [-0.15, -0.1) is 0 Å². The summed E-state index contributed by atoms with van der Waals surface area (Å²) in [5.74, 6) is 2.87. The van der Waals surface area contributed by atoms with E-state index in [9.17, 15) is 9.90 Å². The molecule has 3 nitrogen and oxygen atoms in total. The van der Waals surface area contributed by atoms with Crippen molar-refractivity contribution in [2.24, 2.45) is 51.2 Å². The van der Waals surface area contributed by atoms with Crippen LogP contribution in [0.15, 0.2) is 36.4 Å². The molecule has 3 heteroatoms. The van der Waals surface area contributed by atoms with E-state index in [1.54, 1.807) is 0 Å². The fraction of sp³-hybridized carbons (Fsp3) is 0.718. The van der Waals surface area contributed by atoms with Crippen LogP contribution in [0.4, 0.5) is 0 Å². The smallest absolute Gasteiger partial charge is 0.335 e. The third-order valence-corrected chi connectivity index (χ3v) is 15.4. The van der Waals surface area contributed by atoms with Crippen molar-refractivity contribution in [3.8, 4) is 0 Å². The zero-order valence-electron chi connectivity index (χ0n) is 27.5. The normalized spacial score (nSPS) is 45.6. The lowest BCUT2D eigenvalue weighted by Crippen LogP contribution is -2.67. The minimum atomic E-state index is -0.833. The van der Waals surface area contributed by atoms with E-state index in [4.69, 9.17) is 0 Å². The van der Waals surface area contributed by atoms with Gasteiger partial charge in [0.25, 0.3) is 0 Å². The van der Waals surface area contributed by atoms with Gasteiger partial charge in [-0.2, -0.15) is 0 Å². The second kappa shape index (κ2) is 9.09. The first-order chi connectivity index (χ1) is 19.7. The van der Waals surface area contributed by atoms with Crippen LogP contribution < -0.4 is 0 Å². The van der Waals surface area contributed by atoms with Gasteiger partial charge in [-0.1, -0.05) is 65.0 Å². The summed E-state index contributed by atoms with van der Waals surface area (Å²) in [5, 5.41) is 9.61. The van der Waals surface area contributed by atoms with Crippen LogP contribution in [-0.4, -0.2) is 34.6 Å². The van der Waals surface area contributed by atoms with Gasteiger partial charge in [0, 0.05) is 18.6 Å². The van der Waals surface area contributed by atoms with Crippen molar-refractivity contribution in [1.82, 2.24) is 4.90 Å². The van der Waals surface area contributed by atoms with E-state index in [1.165, 1.54) is 81.2 Å². The number of carboxylic acid groups (broad SMARTS) is 1. The first kappa shape index (κ1) is 28.9. The van der Waals surface area contributed by atoms with E-state index in [2.05, 4.69) is 71.2 Å². The Kier molecular flexibility index (Phi) is 6.25. The summed E-state index contributed by atoms with van der Waals surface area (Å²) < 4.78 is 0. The molecule has 0 spiro atoms. The second-order valence-electron chi connectivity index (χ2n) is 17.2. The van der Waals surface area contributed by atoms with Crippen molar-refractivity contribution in [3.05, 3.63) is 53.1 Å². The van der Waals surface area contributed by atoms with Crippen molar-refractivity contribution in [2.45, 2.75) is 112 Å². The highest BCUT2D eigenvalue weighted by atomic mass is 16.4. The van der Waals surface area contributed by atoms with E-state index < -0.39 is 5.97 Å². The summed E-state index contributed by atoms with van der Waals surface area (Å²) in [6.45, 7) is 24.7. The van der Waals surface area contributed by atoms with E-state index in [0.717, 1.165) is 29.7 Å². The molecule has 5 fully saturated rings. The number of hydrogen-bond acceptors (Lipinski definition) is 2. The fourth-order valence-corrected chi connectivity index (χ4v) is 13.3. The minimum Gasteiger partial charge on any atom is -0.478 e. The quantitative estimate of drug-likeness (QED) is 0.290. The third kappa shape index (κ3) is 3.58. The number of nitrogens with zero attached hydrogens (tertiary/aromatic N) is 1. The summed E-state index contributed by atoms with van der Waals surface area (Å²) in [4.78, 5) is 14.6. The molecule has 9 atom stereocenters. The van der Waals surface area contributed by atoms with Crippen molar-refractivity contribution in [2.75, 3.05) is 13.1 Å². The zero-order chi connectivity index (χ0) is 30.0. The zero-order valence-corrected chi connectivity index (χ0v) is 27.5. The number of aryl methyl sites for hydroxylation is 1. The molecular weight excluding hydrogens is 514 g/mol. The standard InChI is InChI=1S/C39H55NO2/c1-24(2)27-13-18-39(40-21-22-40)20-19-37(7)30(33(27)39)11-12-32-36(6)16-14-29(26-9-10-28(34(41)42)25(3)23-26)35(4,5)31(36)15-17-38(32,37)8/h9-10,14,23,27,30-33H,1,11-13,15-22H2,2-8H3,(H,41,42)/t27-,30+,31-,32+,33+,36-,37+,38+,39-/m0/s1.